The van der Waals surface area contributed by atoms with Crippen molar-refractivity contribution in [3.05, 3.63) is 73.1 Å². The second-order valence-corrected chi connectivity index (χ2v) is 7.84. The molecule has 204 valence electrons. The number of pyridine rings is 2. The van der Waals surface area contributed by atoms with Crippen molar-refractivity contribution in [2.45, 2.75) is 12.7 Å². The lowest BCUT2D eigenvalue weighted by molar-refractivity contribution is -0.199. The van der Waals surface area contributed by atoms with Gasteiger partial charge in [0.2, 0.25) is 0 Å². The van der Waals surface area contributed by atoms with Crippen LogP contribution < -0.4 is 5.06 Å². The highest BCUT2D eigenvalue weighted by Crippen LogP contribution is 2.31. The van der Waals surface area contributed by atoms with Crippen LogP contribution in [0.5, 0.6) is 0 Å². The monoisotopic (exact) mass is 545 g/mol. The SMILES string of the molecule is COCCOCCn1cc(N(OC(=O)C(F)(F)F)C(=O)c2cccc(-c3ccoc3)n2)c(-c2ccccn2)n1. The van der Waals surface area contributed by atoms with E-state index in [4.69, 9.17) is 13.9 Å². The molecular weight excluding hydrogens is 523 g/mol. The summed E-state index contributed by atoms with van der Waals surface area (Å²) in [7, 11) is 1.52. The summed E-state index contributed by atoms with van der Waals surface area (Å²) in [6, 6.07) is 10.7. The molecule has 0 atom stereocenters. The summed E-state index contributed by atoms with van der Waals surface area (Å²) in [6.07, 6.45) is 0.0906. The van der Waals surface area contributed by atoms with E-state index in [1.165, 1.54) is 54.9 Å². The van der Waals surface area contributed by atoms with Crippen molar-refractivity contribution in [3.63, 3.8) is 0 Å². The van der Waals surface area contributed by atoms with E-state index in [1.54, 1.807) is 24.3 Å². The van der Waals surface area contributed by atoms with Gasteiger partial charge in [0.1, 0.15) is 17.1 Å². The Morgan fingerprint density at radius 2 is 1.87 bits per heavy atom. The number of carbonyl (C=O) groups excluding carboxylic acids is 2. The van der Waals surface area contributed by atoms with Gasteiger partial charge < -0.3 is 18.7 Å². The molecule has 0 fully saturated rings. The summed E-state index contributed by atoms with van der Waals surface area (Å²) in [6.45, 7) is 1.01. The van der Waals surface area contributed by atoms with Gasteiger partial charge in [-0.1, -0.05) is 12.1 Å². The molecule has 1 amide bonds. The number of aromatic nitrogens is 4. The van der Waals surface area contributed by atoms with Crippen LogP contribution in [0.3, 0.4) is 0 Å². The van der Waals surface area contributed by atoms with E-state index in [9.17, 15) is 22.8 Å². The van der Waals surface area contributed by atoms with Crippen molar-refractivity contribution in [1.82, 2.24) is 19.7 Å². The van der Waals surface area contributed by atoms with E-state index >= 15 is 0 Å². The van der Waals surface area contributed by atoms with Gasteiger partial charge in [0.05, 0.1) is 56.5 Å². The number of alkyl halides is 3. The van der Waals surface area contributed by atoms with Gasteiger partial charge in [-0.3, -0.25) is 14.5 Å². The molecular formula is C25H22F3N5O6. The van der Waals surface area contributed by atoms with Gasteiger partial charge in [-0.2, -0.15) is 18.3 Å². The van der Waals surface area contributed by atoms with Gasteiger partial charge in [0.15, 0.2) is 0 Å². The summed E-state index contributed by atoms with van der Waals surface area (Å²) in [5, 5.41) is 4.59. The molecule has 0 spiro atoms. The highest BCUT2D eigenvalue weighted by molar-refractivity contribution is 6.06. The minimum Gasteiger partial charge on any atom is -0.472 e. The van der Waals surface area contributed by atoms with E-state index in [0.29, 0.717) is 24.5 Å². The van der Waals surface area contributed by atoms with Gasteiger partial charge in [-0.15, -0.1) is 5.06 Å². The number of anilines is 1. The van der Waals surface area contributed by atoms with Crippen molar-refractivity contribution in [3.8, 4) is 22.6 Å². The number of furan rings is 1. The highest BCUT2D eigenvalue weighted by atomic mass is 19.4. The molecule has 0 radical (unpaired) electrons. The fraction of sp³-hybridized carbons (Fsp3) is 0.240. The fourth-order valence-electron chi connectivity index (χ4n) is 3.33. The number of hydrogen-bond donors (Lipinski definition) is 0. The quantitative estimate of drug-likeness (QED) is 0.216. The first kappa shape index (κ1) is 27.5. The molecule has 0 aliphatic carbocycles. The van der Waals surface area contributed by atoms with Crippen LogP contribution in [0, 0.1) is 0 Å². The van der Waals surface area contributed by atoms with Crippen molar-refractivity contribution in [2.24, 2.45) is 0 Å². The number of halogens is 3. The number of carbonyl (C=O) groups is 2. The molecule has 0 aliphatic heterocycles. The second kappa shape index (κ2) is 12.3. The van der Waals surface area contributed by atoms with E-state index in [2.05, 4.69) is 19.9 Å². The molecule has 39 heavy (non-hydrogen) atoms. The maximum absolute atomic E-state index is 13.6. The molecule has 4 aromatic heterocycles. The molecule has 0 unspecified atom stereocenters. The molecule has 0 saturated carbocycles. The van der Waals surface area contributed by atoms with E-state index in [0.717, 1.165) is 0 Å². The standard InChI is InChI=1S/C25H22F3N5O6/c1-36-13-14-37-12-10-32-15-21(22(31-32)19-5-2-3-9-29-19)33(39-24(35)25(26,27)28)23(34)20-7-4-6-18(30-20)17-8-11-38-16-17/h2-9,11,15-16H,10,12-14H2,1H3. The van der Waals surface area contributed by atoms with Crippen molar-refractivity contribution >= 4 is 17.6 Å². The normalized spacial score (nSPS) is 11.4. The van der Waals surface area contributed by atoms with Crippen LogP contribution in [-0.4, -0.2) is 64.7 Å². The zero-order chi connectivity index (χ0) is 27.8. The topological polar surface area (TPSA) is 122 Å². The van der Waals surface area contributed by atoms with Crippen LogP contribution in [0.2, 0.25) is 0 Å². The number of amides is 1. The van der Waals surface area contributed by atoms with E-state index in [1.807, 2.05) is 0 Å². The van der Waals surface area contributed by atoms with Gasteiger partial charge in [-0.25, -0.2) is 9.78 Å². The van der Waals surface area contributed by atoms with Crippen LogP contribution in [0.4, 0.5) is 18.9 Å². The summed E-state index contributed by atoms with van der Waals surface area (Å²) in [5.41, 5.74) is 0.480. The largest absolute Gasteiger partial charge is 0.493 e. The third-order valence-corrected chi connectivity index (χ3v) is 5.14. The maximum atomic E-state index is 13.6. The summed E-state index contributed by atoms with van der Waals surface area (Å²) in [4.78, 5) is 38.5. The van der Waals surface area contributed by atoms with E-state index in [-0.39, 0.29) is 41.0 Å². The molecule has 4 rings (SSSR count). The van der Waals surface area contributed by atoms with Crippen LogP contribution >= 0.6 is 0 Å². The number of hydrogen-bond acceptors (Lipinski definition) is 9. The Hall–Kier alpha value is -4.56. The Kier molecular flexibility index (Phi) is 8.68. The lowest BCUT2D eigenvalue weighted by atomic mass is 10.2. The van der Waals surface area contributed by atoms with Crippen molar-refractivity contribution in [2.75, 3.05) is 32.0 Å². The van der Waals surface area contributed by atoms with E-state index < -0.39 is 18.1 Å². The Balaban J connectivity index is 1.75. The Morgan fingerprint density at radius 3 is 2.56 bits per heavy atom. The first-order valence-electron chi connectivity index (χ1n) is 11.5. The number of methoxy groups -OCH3 is 1. The summed E-state index contributed by atoms with van der Waals surface area (Å²) in [5.74, 6) is -3.75. The van der Waals surface area contributed by atoms with Crippen LogP contribution in [-0.2, 0) is 25.7 Å². The van der Waals surface area contributed by atoms with Crippen molar-refractivity contribution < 1.29 is 41.5 Å². The van der Waals surface area contributed by atoms with Crippen LogP contribution in [0.25, 0.3) is 22.6 Å². The third-order valence-electron chi connectivity index (χ3n) is 5.14. The summed E-state index contributed by atoms with van der Waals surface area (Å²) >= 11 is 0. The maximum Gasteiger partial charge on any atom is 0.493 e. The first-order valence-corrected chi connectivity index (χ1v) is 11.5. The molecule has 4 aromatic rings. The predicted molar refractivity (Wildman–Crippen MR) is 129 cm³/mol. The second-order valence-electron chi connectivity index (χ2n) is 7.84. The highest BCUT2D eigenvalue weighted by Gasteiger charge is 2.44. The number of rotatable bonds is 10. The number of nitrogens with zero attached hydrogens (tertiary/aromatic N) is 5. The average Bonchev–Trinajstić information content (AvgIpc) is 3.62. The third kappa shape index (κ3) is 6.86. The molecule has 0 saturated heterocycles. The Morgan fingerprint density at radius 1 is 1.05 bits per heavy atom. The molecule has 0 N–H and O–H groups in total. The molecule has 0 aliphatic rings. The lowest BCUT2D eigenvalue weighted by Crippen LogP contribution is -2.39. The zero-order valence-electron chi connectivity index (χ0n) is 20.5. The molecule has 11 nitrogen and oxygen atoms in total. The Labute approximate surface area is 219 Å². The predicted octanol–water partition coefficient (Wildman–Crippen LogP) is 3.93. The van der Waals surface area contributed by atoms with Crippen LogP contribution in [0.15, 0.2) is 71.8 Å². The Bertz CT molecular complexity index is 1390. The van der Waals surface area contributed by atoms with Gasteiger partial charge in [-0.05, 0) is 30.3 Å². The fourth-order valence-corrected chi connectivity index (χ4v) is 3.33. The minimum atomic E-state index is -5.39. The number of hydroxylamine groups is 1. The number of ether oxygens (including phenoxy) is 2. The van der Waals surface area contributed by atoms with Gasteiger partial charge in [0.25, 0.3) is 0 Å². The van der Waals surface area contributed by atoms with Gasteiger partial charge in [0, 0.05) is 18.9 Å². The lowest BCUT2D eigenvalue weighted by Gasteiger charge is -2.21. The van der Waals surface area contributed by atoms with Crippen LogP contribution in [0.1, 0.15) is 10.5 Å². The zero-order valence-corrected chi connectivity index (χ0v) is 20.5. The molecule has 0 bridgehead atoms. The van der Waals surface area contributed by atoms with Gasteiger partial charge >= 0.3 is 18.1 Å². The first-order chi connectivity index (χ1) is 18.8. The summed E-state index contributed by atoms with van der Waals surface area (Å²) < 4.78 is 56.4. The minimum absolute atomic E-state index is 0.0122. The average molecular weight is 545 g/mol. The molecule has 0 aromatic carbocycles. The molecule has 14 heteroatoms. The van der Waals surface area contributed by atoms with Crippen molar-refractivity contribution in [1.29, 1.82) is 0 Å². The molecule has 4 heterocycles. The smallest absolute Gasteiger partial charge is 0.472 e.